The molecule has 1 aliphatic heterocycles. The van der Waals surface area contributed by atoms with E-state index in [1.807, 2.05) is 0 Å². The fraction of sp³-hybridized carbons (Fsp3) is 0.875. The predicted octanol–water partition coefficient (Wildman–Crippen LogP) is 7.38. The van der Waals surface area contributed by atoms with E-state index in [2.05, 4.69) is 17.2 Å². The molecular formula is C8Cl14O7. The zero-order valence-corrected chi connectivity index (χ0v) is 22.7. The van der Waals surface area contributed by atoms with Gasteiger partial charge in [0.05, 0.1) is 47.5 Å². The minimum atomic E-state index is -3.38. The minimum Gasteiger partial charge on any atom is -0.411 e. The Morgan fingerprint density at radius 3 is 1.45 bits per heavy atom. The molecule has 0 bridgehead atoms. The molecule has 0 spiro atoms. The van der Waals surface area contributed by atoms with E-state index in [-0.39, 0.29) is 0 Å². The van der Waals surface area contributed by atoms with Gasteiger partial charge >= 0.3 is 11.2 Å². The second kappa shape index (κ2) is 9.76. The molecule has 1 saturated heterocycles. The van der Waals surface area contributed by atoms with Gasteiger partial charge in [-0.15, -0.1) is 0 Å². The van der Waals surface area contributed by atoms with Crippen LogP contribution in [0.3, 0.4) is 0 Å². The molecule has 1 aliphatic rings. The second-order valence-corrected chi connectivity index (χ2v) is 11.5. The lowest BCUT2D eigenvalue weighted by Crippen LogP contribution is -2.83. The quantitative estimate of drug-likeness (QED) is 0.211. The van der Waals surface area contributed by atoms with Crippen LogP contribution >= 0.6 is 163 Å². The van der Waals surface area contributed by atoms with Gasteiger partial charge in [0.1, 0.15) is 0 Å². The number of alkyl halides is 10. The Kier molecular flexibility index (Phi) is 10.2. The van der Waals surface area contributed by atoms with Crippen molar-refractivity contribution >= 4 is 169 Å². The van der Waals surface area contributed by atoms with Gasteiger partial charge in [0, 0.05) is 0 Å². The van der Waals surface area contributed by atoms with Gasteiger partial charge in [-0.05, 0) is 11.6 Å². The van der Waals surface area contributed by atoms with Crippen LogP contribution in [0.15, 0.2) is 0 Å². The molecule has 1 fully saturated rings. The fourth-order valence-electron chi connectivity index (χ4n) is 1.77. The third kappa shape index (κ3) is 4.51. The van der Waals surface area contributed by atoms with Gasteiger partial charge in [0.2, 0.25) is 0 Å². The molecule has 0 aliphatic carbocycles. The van der Waals surface area contributed by atoms with Crippen LogP contribution in [0.4, 0.5) is 0 Å². The molecule has 29 heavy (non-hydrogen) atoms. The van der Waals surface area contributed by atoms with E-state index in [4.69, 9.17) is 173 Å². The fourth-order valence-corrected chi connectivity index (χ4v) is 5.14. The minimum absolute atomic E-state index is 1.75. The van der Waals surface area contributed by atoms with Gasteiger partial charge in [-0.1, -0.05) is 104 Å². The van der Waals surface area contributed by atoms with E-state index >= 15 is 0 Å². The van der Waals surface area contributed by atoms with Gasteiger partial charge in [0.25, 0.3) is 28.6 Å². The van der Waals surface area contributed by atoms with Gasteiger partial charge < -0.3 is 4.74 Å². The van der Waals surface area contributed by atoms with Crippen LogP contribution in [0, 0.1) is 0 Å². The maximum atomic E-state index is 12.1. The molecule has 0 amide bonds. The smallest absolute Gasteiger partial charge is 0.362 e. The van der Waals surface area contributed by atoms with Gasteiger partial charge in [0.15, 0.2) is 0 Å². The van der Waals surface area contributed by atoms with Crippen molar-refractivity contribution in [3.05, 3.63) is 0 Å². The molecule has 0 aromatic carbocycles. The van der Waals surface area contributed by atoms with E-state index in [0.717, 1.165) is 0 Å². The summed E-state index contributed by atoms with van der Waals surface area (Å²) >= 11 is 80.2. The molecule has 0 saturated carbocycles. The summed E-state index contributed by atoms with van der Waals surface area (Å²) in [7, 11) is 0. The summed E-state index contributed by atoms with van der Waals surface area (Å²) in [5.74, 6) is -1.75. The van der Waals surface area contributed by atoms with Crippen LogP contribution in [-0.4, -0.2) is 39.8 Å². The zero-order chi connectivity index (χ0) is 23.3. The van der Waals surface area contributed by atoms with Gasteiger partial charge in [-0.3, -0.25) is 4.74 Å². The first-order chi connectivity index (χ1) is 12.8. The van der Waals surface area contributed by atoms with Crippen LogP contribution in [0.25, 0.3) is 0 Å². The normalized spacial score (nSPS) is 41.3. The summed E-state index contributed by atoms with van der Waals surface area (Å²) in [5.41, 5.74) is 0. The van der Waals surface area contributed by atoms with Crippen molar-refractivity contribution in [2.75, 3.05) is 0 Å². The Labute approximate surface area is 232 Å². The van der Waals surface area contributed by atoms with Crippen molar-refractivity contribution in [1.29, 1.82) is 0 Å². The topological polar surface area (TPSA) is 72.5 Å². The van der Waals surface area contributed by atoms with Crippen LogP contribution in [-0.2, 0) is 31.4 Å². The second-order valence-electron chi connectivity index (χ2n) is 4.73. The van der Waals surface area contributed by atoms with Crippen molar-refractivity contribution in [2.45, 2.75) is 33.8 Å². The first-order valence-electron chi connectivity index (χ1n) is 5.84. The van der Waals surface area contributed by atoms with Crippen molar-refractivity contribution in [1.82, 2.24) is 0 Å². The van der Waals surface area contributed by atoms with Crippen LogP contribution in [0.1, 0.15) is 0 Å². The van der Waals surface area contributed by atoms with Crippen LogP contribution in [0.2, 0.25) is 0 Å². The van der Waals surface area contributed by atoms with E-state index in [9.17, 15) is 4.79 Å². The maximum absolute atomic E-state index is 12.1. The predicted molar refractivity (Wildman–Crippen MR) is 113 cm³/mol. The standard InChI is InChI=1S/C8Cl14O7/c9-2(10,11)1(23)24-8(18)6(15,28-21)4(13,27-20)3(12,26-19)5(14,25-8)7(16,17)29-22/t3-,4+,5+,6-,8-/m1/s1. The molecule has 5 atom stereocenters. The summed E-state index contributed by atoms with van der Waals surface area (Å²) in [6.07, 6.45) is 0. The third-order valence-corrected chi connectivity index (χ3v) is 9.03. The molecule has 7 nitrogen and oxygen atoms in total. The number of hydrogen-bond acceptors (Lipinski definition) is 7. The summed E-state index contributed by atoms with van der Waals surface area (Å²) in [6.45, 7) is 0. The Hall–Kier alpha value is 3.33. The van der Waals surface area contributed by atoms with Crippen LogP contribution in [0.5, 0.6) is 0 Å². The molecule has 1 heterocycles. The van der Waals surface area contributed by atoms with Crippen molar-refractivity contribution in [3.8, 4) is 0 Å². The number of esters is 1. The highest BCUT2D eigenvalue weighted by atomic mass is 35.6. The van der Waals surface area contributed by atoms with E-state index in [1.54, 1.807) is 0 Å². The molecule has 1 rings (SSSR count). The molecule has 0 unspecified atom stereocenters. The Bertz CT molecular complexity index is 642. The summed E-state index contributed by atoms with van der Waals surface area (Å²) < 4.78 is 21.7. The highest BCUT2D eigenvalue weighted by molar-refractivity contribution is 6.75. The van der Waals surface area contributed by atoms with E-state index in [0.29, 0.717) is 0 Å². The Balaban J connectivity index is 3.92. The summed E-state index contributed by atoms with van der Waals surface area (Å²) in [4.78, 5) is 12.1. The summed E-state index contributed by atoms with van der Waals surface area (Å²) in [5, 5.41) is -16.2. The van der Waals surface area contributed by atoms with Crippen molar-refractivity contribution in [3.63, 3.8) is 0 Å². The highest BCUT2D eigenvalue weighted by Crippen LogP contribution is 2.70. The average molecular weight is 704 g/mol. The van der Waals surface area contributed by atoms with Gasteiger partial charge in [-0.25, -0.2) is 22.0 Å². The monoisotopic (exact) mass is 698 g/mol. The van der Waals surface area contributed by atoms with E-state index < -0.39 is 39.8 Å². The molecule has 0 aromatic heterocycles. The maximum Gasteiger partial charge on any atom is 0.362 e. The number of carbonyl (C=O) groups is 1. The molecule has 172 valence electrons. The highest BCUT2D eigenvalue weighted by Gasteiger charge is 2.91. The average Bonchev–Trinajstić information content (AvgIpc) is 2.63. The lowest BCUT2D eigenvalue weighted by molar-refractivity contribution is -0.352. The molecule has 0 N–H and O–H groups in total. The SMILES string of the molecule is O=C(O[C@@]1(Cl)O[C@](Cl)(C(Cl)(Cl)OCl)[C@](Cl)(OCl)[C@](Cl)(OCl)[C@@]1(Cl)OCl)C(Cl)(Cl)Cl. The Morgan fingerprint density at radius 2 is 1.14 bits per heavy atom. The molecule has 21 heteroatoms. The number of ether oxygens (including phenoxy) is 2. The number of halogens is 14. The lowest BCUT2D eigenvalue weighted by atomic mass is 9.95. The first kappa shape index (κ1) is 30.4. The molecular weight excluding hydrogens is 704 g/mol. The van der Waals surface area contributed by atoms with Gasteiger partial charge in [-0.2, -0.15) is 0 Å². The Morgan fingerprint density at radius 1 is 0.724 bits per heavy atom. The van der Waals surface area contributed by atoms with Crippen molar-refractivity contribution < 1.29 is 31.4 Å². The summed E-state index contributed by atoms with van der Waals surface area (Å²) in [6, 6.07) is 0. The number of hydrogen-bond donors (Lipinski definition) is 0. The van der Waals surface area contributed by atoms with E-state index in [1.165, 1.54) is 0 Å². The van der Waals surface area contributed by atoms with Crippen molar-refractivity contribution in [2.24, 2.45) is 0 Å². The third-order valence-electron chi connectivity index (χ3n) is 3.14. The first-order valence-corrected chi connectivity index (χ1v) is 10.9. The number of rotatable bonds is 6. The molecule has 0 aromatic rings. The van der Waals surface area contributed by atoms with Crippen LogP contribution < -0.4 is 0 Å². The molecule has 0 radical (unpaired) electrons. The number of carbonyl (C=O) groups excluding carboxylic acids is 1. The zero-order valence-electron chi connectivity index (χ0n) is 12.1. The lowest BCUT2D eigenvalue weighted by Gasteiger charge is -2.60. The largest absolute Gasteiger partial charge is 0.411 e.